The number of hydrogen-bond acceptors (Lipinski definition) is 2. The summed E-state index contributed by atoms with van der Waals surface area (Å²) in [5.74, 6) is -0.240. The van der Waals surface area contributed by atoms with Gasteiger partial charge in [-0.3, -0.25) is 4.68 Å². The Morgan fingerprint density at radius 3 is 2.74 bits per heavy atom. The maximum atomic E-state index is 13.3. The smallest absolute Gasteiger partial charge is 0.123 e. The van der Waals surface area contributed by atoms with Crippen LogP contribution in [-0.4, -0.2) is 9.78 Å². The highest BCUT2D eigenvalue weighted by Crippen LogP contribution is 2.21. The molecule has 1 atom stereocenters. The van der Waals surface area contributed by atoms with Gasteiger partial charge in [0.15, 0.2) is 0 Å². The van der Waals surface area contributed by atoms with Crippen LogP contribution >= 0.6 is 0 Å². The van der Waals surface area contributed by atoms with Crippen molar-refractivity contribution in [1.82, 2.24) is 9.78 Å². The summed E-state index contributed by atoms with van der Waals surface area (Å²) >= 11 is 0. The van der Waals surface area contributed by atoms with E-state index in [9.17, 15) is 4.39 Å². The molecule has 0 aliphatic heterocycles. The second kappa shape index (κ2) is 5.53. The predicted molar refractivity (Wildman–Crippen MR) is 74.4 cm³/mol. The molecular formula is C15H20FN3. The van der Waals surface area contributed by atoms with Gasteiger partial charge in [0.25, 0.3) is 0 Å². The molecule has 1 heterocycles. The maximum Gasteiger partial charge on any atom is 0.123 e. The van der Waals surface area contributed by atoms with Crippen molar-refractivity contribution in [1.29, 1.82) is 0 Å². The lowest BCUT2D eigenvalue weighted by molar-refractivity contribution is 0.581. The van der Waals surface area contributed by atoms with Crippen molar-refractivity contribution in [3.63, 3.8) is 0 Å². The van der Waals surface area contributed by atoms with Crippen LogP contribution in [0.4, 0.5) is 4.39 Å². The highest BCUT2D eigenvalue weighted by molar-refractivity contribution is 5.30. The molecule has 3 nitrogen and oxygen atoms in total. The van der Waals surface area contributed by atoms with E-state index < -0.39 is 0 Å². The van der Waals surface area contributed by atoms with Crippen molar-refractivity contribution >= 4 is 0 Å². The standard InChI is InChI=1S/C15H20FN3/c1-4-19-13(7-11(3)18-19)9-15(17)14-8-12(16)6-5-10(14)2/h5-8,15H,4,9,17H2,1-3H3. The Balaban J connectivity index is 2.25. The molecule has 0 aliphatic carbocycles. The fourth-order valence-corrected chi connectivity index (χ4v) is 2.38. The molecule has 0 bridgehead atoms. The summed E-state index contributed by atoms with van der Waals surface area (Å²) in [7, 11) is 0. The van der Waals surface area contributed by atoms with E-state index in [0.29, 0.717) is 6.42 Å². The minimum Gasteiger partial charge on any atom is -0.324 e. The van der Waals surface area contributed by atoms with E-state index in [2.05, 4.69) is 12.0 Å². The molecule has 1 aromatic heterocycles. The molecule has 0 amide bonds. The Labute approximate surface area is 113 Å². The third kappa shape index (κ3) is 3.01. The Bertz CT molecular complexity index is 575. The summed E-state index contributed by atoms with van der Waals surface area (Å²) in [6.07, 6.45) is 0.666. The number of hydrogen-bond donors (Lipinski definition) is 1. The molecule has 102 valence electrons. The predicted octanol–water partition coefficient (Wildman–Crippen LogP) is 2.90. The highest BCUT2D eigenvalue weighted by Gasteiger charge is 2.14. The monoisotopic (exact) mass is 261 g/mol. The van der Waals surface area contributed by atoms with Crippen LogP contribution in [0.25, 0.3) is 0 Å². The molecule has 0 spiro atoms. The molecule has 2 aromatic rings. The number of nitrogens with two attached hydrogens (primary N) is 1. The van der Waals surface area contributed by atoms with E-state index in [4.69, 9.17) is 5.73 Å². The number of benzene rings is 1. The largest absolute Gasteiger partial charge is 0.324 e. The van der Waals surface area contributed by atoms with Crippen LogP contribution in [-0.2, 0) is 13.0 Å². The average Bonchev–Trinajstić information content (AvgIpc) is 2.72. The average molecular weight is 261 g/mol. The minimum absolute atomic E-state index is 0.211. The fourth-order valence-electron chi connectivity index (χ4n) is 2.38. The summed E-state index contributed by atoms with van der Waals surface area (Å²) in [4.78, 5) is 0. The summed E-state index contributed by atoms with van der Waals surface area (Å²) in [5.41, 5.74) is 10.2. The van der Waals surface area contributed by atoms with Gasteiger partial charge in [-0.1, -0.05) is 6.07 Å². The second-order valence-corrected chi connectivity index (χ2v) is 4.90. The molecule has 4 heteroatoms. The summed E-state index contributed by atoms with van der Waals surface area (Å²) in [6.45, 7) is 6.79. The number of nitrogens with zero attached hydrogens (tertiary/aromatic N) is 2. The van der Waals surface area contributed by atoms with Gasteiger partial charge in [0.05, 0.1) is 5.69 Å². The molecule has 2 N–H and O–H groups in total. The first-order valence-electron chi connectivity index (χ1n) is 6.56. The molecule has 0 aliphatic rings. The van der Waals surface area contributed by atoms with Crippen LogP contribution in [0.15, 0.2) is 24.3 Å². The second-order valence-electron chi connectivity index (χ2n) is 4.90. The molecule has 0 saturated heterocycles. The molecular weight excluding hydrogens is 241 g/mol. The molecule has 1 unspecified atom stereocenters. The number of aromatic nitrogens is 2. The molecule has 0 saturated carbocycles. The molecule has 0 radical (unpaired) electrons. The normalized spacial score (nSPS) is 12.7. The Morgan fingerprint density at radius 1 is 1.32 bits per heavy atom. The van der Waals surface area contributed by atoms with Crippen LogP contribution in [0.2, 0.25) is 0 Å². The van der Waals surface area contributed by atoms with E-state index in [0.717, 1.165) is 29.1 Å². The lowest BCUT2D eigenvalue weighted by Gasteiger charge is -2.15. The van der Waals surface area contributed by atoms with E-state index in [-0.39, 0.29) is 11.9 Å². The minimum atomic E-state index is -0.240. The van der Waals surface area contributed by atoms with Gasteiger partial charge in [-0.15, -0.1) is 0 Å². The van der Waals surface area contributed by atoms with Gasteiger partial charge in [-0.05, 0) is 50.1 Å². The number of halogens is 1. The number of aryl methyl sites for hydroxylation is 3. The molecule has 2 rings (SSSR count). The topological polar surface area (TPSA) is 43.8 Å². The Hall–Kier alpha value is -1.68. The van der Waals surface area contributed by atoms with Crippen molar-refractivity contribution in [2.45, 2.75) is 39.8 Å². The SMILES string of the molecule is CCn1nc(C)cc1CC(N)c1cc(F)ccc1C. The Morgan fingerprint density at radius 2 is 2.05 bits per heavy atom. The van der Waals surface area contributed by atoms with Gasteiger partial charge in [0.1, 0.15) is 5.82 Å². The van der Waals surface area contributed by atoms with Gasteiger partial charge < -0.3 is 5.73 Å². The van der Waals surface area contributed by atoms with Crippen LogP contribution in [0, 0.1) is 19.7 Å². The van der Waals surface area contributed by atoms with Gasteiger partial charge in [-0.25, -0.2) is 4.39 Å². The van der Waals surface area contributed by atoms with Gasteiger partial charge in [-0.2, -0.15) is 5.10 Å². The van der Waals surface area contributed by atoms with Gasteiger partial charge in [0, 0.05) is 24.7 Å². The van der Waals surface area contributed by atoms with E-state index >= 15 is 0 Å². The first kappa shape index (κ1) is 13.7. The van der Waals surface area contributed by atoms with Gasteiger partial charge >= 0.3 is 0 Å². The quantitative estimate of drug-likeness (QED) is 0.919. The molecule has 19 heavy (non-hydrogen) atoms. The van der Waals surface area contributed by atoms with Crippen LogP contribution in [0.3, 0.4) is 0 Å². The van der Waals surface area contributed by atoms with Crippen LogP contribution in [0.1, 0.15) is 35.5 Å². The van der Waals surface area contributed by atoms with E-state index in [1.165, 1.54) is 12.1 Å². The Kier molecular flexibility index (Phi) is 4.00. The maximum absolute atomic E-state index is 13.3. The van der Waals surface area contributed by atoms with Crippen molar-refractivity contribution in [2.75, 3.05) is 0 Å². The van der Waals surface area contributed by atoms with E-state index in [1.807, 2.05) is 24.6 Å². The lowest BCUT2D eigenvalue weighted by atomic mass is 9.98. The lowest BCUT2D eigenvalue weighted by Crippen LogP contribution is -2.17. The van der Waals surface area contributed by atoms with Crippen molar-refractivity contribution in [3.8, 4) is 0 Å². The number of rotatable bonds is 4. The molecule has 1 aromatic carbocycles. The van der Waals surface area contributed by atoms with Crippen LogP contribution < -0.4 is 5.73 Å². The van der Waals surface area contributed by atoms with Crippen LogP contribution in [0.5, 0.6) is 0 Å². The van der Waals surface area contributed by atoms with E-state index in [1.54, 1.807) is 6.07 Å². The highest BCUT2D eigenvalue weighted by atomic mass is 19.1. The summed E-state index contributed by atoms with van der Waals surface area (Å²) < 4.78 is 15.3. The first-order chi connectivity index (χ1) is 9.01. The van der Waals surface area contributed by atoms with Crippen molar-refractivity contribution in [2.24, 2.45) is 5.73 Å². The van der Waals surface area contributed by atoms with Gasteiger partial charge in [0.2, 0.25) is 0 Å². The fraction of sp³-hybridized carbons (Fsp3) is 0.400. The summed E-state index contributed by atoms with van der Waals surface area (Å²) in [5, 5.41) is 4.40. The van der Waals surface area contributed by atoms with Crippen molar-refractivity contribution < 1.29 is 4.39 Å². The zero-order chi connectivity index (χ0) is 14.0. The summed E-state index contributed by atoms with van der Waals surface area (Å²) in [6, 6.07) is 6.59. The third-order valence-corrected chi connectivity index (χ3v) is 3.35. The first-order valence-corrected chi connectivity index (χ1v) is 6.56. The zero-order valence-electron chi connectivity index (χ0n) is 11.7. The molecule has 0 fully saturated rings. The van der Waals surface area contributed by atoms with Crippen molar-refractivity contribution in [3.05, 3.63) is 52.6 Å². The third-order valence-electron chi connectivity index (χ3n) is 3.35. The zero-order valence-corrected chi connectivity index (χ0v) is 11.7.